The molecule has 4 heteroatoms. The normalized spacial score (nSPS) is 21.0. The van der Waals surface area contributed by atoms with E-state index in [1.54, 1.807) is 7.11 Å². The zero-order chi connectivity index (χ0) is 12.8. The fourth-order valence-corrected chi connectivity index (χ4v) is 3.03. The third kappa shape index (κ3) is 3.16. The van der Waals surface area contributed by atoms with E-state index in [0.717, 1.165) is 19.7 Å². The van der Waals surface area contributed by atoms with Crippen LogP contribution in [-0.4, -0.2) is 73.3 Å². The number of hydrogen-bond acceptors (Lipinski definition) is 1. The molecule has 0 aliphatic carbocycles. The Bertz CT molecular complexity index is 283. The van der Waals surface area contributed by atoms with Crippen molar-refractivity contribution in [1.29, 1.82) is 0 Å². The van der Waals surface area contributed by atoms with E-state index in [9.17, 15) is 0 Å². The van der Waals surface area contributed by atoms with Gasteiger partial charge in [0.15, 0.2) is 0 Å². The van der Waals surface area contributed by atoms with Crippen LogP contribution < -0.4 is 0 Å². The molecule has 2 aliphatic heterocycles. The smallest absolute Gasteiger partial charge is 0.350 e. The van der Waals surface area contributed by atoms with E-state index >= 15 is 0 Å². The minimum absolute atomic E-state index is 0.831. The summed E-state index contributed by atoms with van der Waals surface area (Å²) in [6, 6.07) is 0. The first-order chi connectivity index (χ1) is 8.86. The van der Waals surface area contributed by atoms with Gasteiger partial charge in [-0.1, -0.05) is 6.92 Å². The molecular weight excluding hydrogens is 226 g/mol. The van der Waals surface area contributed by atoms with Gasteiger partial charge in [0.25, 0.3) is 0 Å². The van der Waals surface area contributed by atoms with Gasteiger partial charge in [0.05, 0.1) is 45.9 Å². The first-order valence-corrected chi connectivity index (χ1v) is 7.47. The molecule has 104 valence electrons. The van der Waals surface area contributed by atoms with E-state index in [4.69, 9.17) is 4.74 Å². The molecule has 2 heterocycles. The average Bonchev–Trinajstić information content (AvgIpc) is 2.81. The van der Waals surface area contributed by atoms with Crippen molar-refractivity contribution in [2.24, 2.45) is 0 Å². The SMILES string of the molecule is CCCN1CCN(CCOC)C1=[N+]1CCCCC1. The van der Waals surface area contributed by atoms with Crippen LogP contribution in [0.5, 0.6) is 0 Å². The summed E-state index contributed by atoms with van der Waals surface area (Å²) in [6.07, 6.45) is 5.33. The molecule has 0 spiro atoms. The van der Waals surface area contributed by atoms with E-state index in [-0.39, 0.29) is 0 Å². The Kier molecular flexibility index (Phi) is 5.29. The van der Waals surface area contributed by atoms with Gasteiger partial charge >= 0.3 is 5.96 Å². The minimum atomic E-state index is 0.831. The summed E-state index contributed by atoms with van der Waals surface area (Å²) < 4.78 is 7.84. The highest BCUT2D eigenvalue weighted by Gasteiger charge is 2.35. The average molecular weight is 254 g/mol. The summed E-state index contributed by atoms with van der Waals surface area (Å²) in [4.78, 5) is 5.09. The molecule has 0 aromatic rings. The van der Waals surface area contributed by atoms with E-state index in [1.807, 2.05) is 0 Å². The van der Waals surface area contributed by atoms with Crippen LogP contribution in [0, 0.1) is 0 Å². The molecule has 0 unspecified atom stereocenters. The summed E-state index contributed by atoms with van der Waals surface area (Å²) in [7, 11) is 1.79. The Balaban J connectivity index is 2.10. The van der Waals surface area contributed by atoms with Crippen LogP contribution in [0.4, 0.5) is 0 Å². The fraction of sp³-hybridized carbons (Fsp3) is 0.929. The van der Waals surface area contributed by atoms with Crippen LogP contribution >= 0.6 is 0 Å². The van der Waals surface area contributed by atoms with Crippen LogP contribution in [0.3, 0.4) is 0 Å². The van der Waals surface area contributed by atoms with Crippen molar-refractivity contribution in [2.75, 3.05) is 53.0 Å². The van der Waals surface area contributed by atoms with Gasteiger partial charge in [-0.15, -0.1) is 0 Å². The van der Waals surface area contributed by atoms with Crippen LogP contribution in [-0.2, 0) is 4.74 Å². The zero-order valence-electron chi connectivity index (χ0n) is 12.0. The van der Waals surface area contributed by atoms with Crippen molar-refractivity contribution in [1.82, 2.24) is 9.80 Å². The summed E-state index contributed by atoms with van der Waals surface area (Å²) >= 11 is 0. The summed E-state index contributed by atoms with van der Waals surface area (Å²) in [5.41, 5.74) is 0. The van der Waals surface area contributed by atoms with Crippen molar-refractivity contribution in [3.63, 3.8) is 0 Å². The summed E-state index contributed by atoms with van der Waals surface area (Å²) in [5, 5.41) is 0. The fourth-order valence-electron chi connectivity index (χ4n) is 3.03. The Morgan fingerprint density at radius 1 is 1.06 bits per heavy atom. The Hall–Kier alpha value is -0.770. The van der Waals surface area contributed by atoms with E-state index in [2.05, 4.69) is 21.3 Å². The largest absolute Gasteiger partial charge is 0.381 e. The Morgan fingerprint density at radius 3 is 2.33 bits per heavy atom. The topological polar surface area (TPSA) is 18.7 Å². The Labute approximate surface area is 111 Å². The molecule has 0 aromatic carbocycles. The van der Waals surface area contributed by atoms with Gasteiger partial charge in [0.1, 0.15) is 0 Å². The number of rotatable bonds is 5. The molecule has 4 nitrogen and oxygen atoms in total. The van der Waals surface area contributed by atoms with Crippen LogP contribution in [0.1, 0.15) is 32.6 Å². The van der Waals surface area contributed by atoms with Crippen LogP contribution in [0.15, 0.2) is 0 Å². The second kappa shape index (κ2) is 6.98. The molecule has 0 aromatic heterocycles. The lowest BCUT2D eigenvalue weighted by Gasteiger charge is -2.23. The lowest BCUT2D eigenvalue weighted by Crippen LogP contribution is -2.44. The lowest BCUT2D eigenvalue weighted by molar-refractivity contribution is -0.545. The molecule has 0 bridgehead atoms. The number of hydrogen-bond donors (Lipinski definition) is 0. The first-order valence-electron chi connectivity index (χ1n) is 7.47. The van der Waals surface area contributed by atoms with E-state index < -0.39 is 0 Å². The second-order valence-corrected chi connectivity index (χ2v) is 5.31. The molecule has 2 rings (SSSR count). The maximum atomic E-state index is 5.24. The maximum Gasteiger partial charge on any atom is 0.350 e. The number of nitrogens with zero attached hydrogens (tertiary/aromatic N) is 3. The quantitative estimate of drug-likeness (QED) is 0.687. The standard InChI is InChI=1S/C14H28N3O/c1-3-7-15-10-11-17(12-13-18-2)14(15)16-8-5-4-6-9-16/h3-13H2,1-2H3/q+1. The third-order valence-electron chi connectivity index (χ3n) is 3.90. The number of ether oxygens (including phenoxy) is 1. The van der Waals surface area contributed by atoms with Crippen molar-refractivity contribution in [3.8, 4) is 0 Å². The van der Waals surface area contributed by atoms with Gasteiger partial charge in [0, 0.05) is 7.11 Å². The molecule has 0 amide bonds. The highest BCUT2D eigenvalue weighted by atomic mass is 16.5. The van der Waals surface area contributed by atoms with Crippen molar-refractivity contribution < 1.29 is 9.31 Å². The van der Waals surface area contributed by atoms with E-state index in [1.165, 1.54) is 57.8 Å². The van der Waals surface area contributed by atoms with Crippen molar-refractivity contribution in [2.45, 2.75) is 32.6 Å². The summed E-state index contributed by atoms with van der Waals surface area (Å²) in [5.74, 6) is 1.48. The van der Waals surface area contributed by atoms with Gasteiger partial charge in [-0.25, -0.2) is 0 Å². The second-order valence-electron chi connectivity index (χ2n) is 5.31. The number of methoxy groups -OCH3 is 1. The predicted molar refractivity (Wildman–Crippen MR) is 74.2 cm³/mol. The molecule has 0 N–H and O–H groups in total. The van der Waals surface area contributed by atoms with Crippen LogP contribution in [0.2, 0.25) is 0 Å². The monoisotopic (exact) mass is 254 g/mol. The van der Waals surface area contributed by atoms with Gasteiger partial charge < -0.3 is 4.74 Å². The van der Waals surface area contributed by atoms with Gasteiger partial charge in [-0.05, 0) is 25.7 Å². The van der Waals surface area contributed by atoms with Crippen LogP contribution in [0.25, 0.3) is 0 Å². The van der Waals surface area contributed by atoms with Gasteiger partial charge in [0.2, 0.25) is 0 Å². The number of guanidine groups is 1. The highest BCUT2D eigenvalue weighted by molar-refractivity contribution is 5.77. The molecule has 0 atom stereocenters. The lowest BCUT2D eigenvalue weighted by atomic mass is 10.2. The molecular formula is C14H28N3O+. The van der Waals surface area contributed by atoms with E-state index in [0.29, 0.717) is 0 Å². The molecule has 18 heavy (non-hydrogen) atoms. The zero-order valence-corrected chi connectivity index (χ0v) is 12.0. The first kappa shape index (κ1) is 13.7. The number of piperidine rings is 1. The molecule has 2 fully saturated rings. The van der Waals surface area contributed by atoms with Gasteiger partial charge in [-0.2, -0.15) is 0 Å². The summed E-state index contributed by atoms with van der Waals surface area (Å²) in [6.45, 7) is 10.1. The predicted octanol–water partition coefficient (Wildman–Crippen LogP) is 1.21. The molecule has 2 saturated heterocycles. The van der Waals surface area contributed by atoms with Crippen molar-refractivity contribution >= 4 is 5.96 Å². The van der Waals surface area contributed by atoms with Crippen molar-refractivity contribution in [3.05, 3.63) is 0 Å². The molecule has 2 aliphatic rings. The van der Waals surface area contributed by atoms with Gasteiger partial charge in [-0.3, -0.25) is 14.4 Å². The maximum absolute atomic E-state index is 5.24. The molecule has 0 radical (unpaired) electrons. The minimum Gasteiger partial charge on any atom is -0.381 e. The highest BCUT2D eigenvalue weighted by Crippen LogP contribution is 2.13. The Morgan fingerprint density at radius 2 is 1.72 bits per heavy atom. The molecule has 0 saturated carbocycles. The third-order valence-corrected chi connectivity index (χ3v) is 3.90.